The van der Waals surface area contributed by atoms with Crippen LogP contribution in [0.15, 0.2) is 34.9 Å². The molecule has 0 aliphatic carbocycles. The maximum absolute atomic E-state index is 5.95. The van der Waals surface area contributed by atoms with E-state index in [1.54, 1.807) is 12.3 Å². The molecule has 96 valence electrons. The van der Waals surface area contributed by atoms with Gasteiger partial charge in [0.05, 0.1) is 15.9 Å². The number of nitrogens with zero attached hydrogens (tertiary/aromatic N) is 2. The molecular formula is C12H8BrClN4S. The normalized spacial score (nSPS) is 10.8. The first kappa shape index (κ1) is 12.7. The Morgan fingerprint density at radius 2 is 2.16 bits per heavy atom. The molecule has 0 atom stereocenters. The molecule has 0 unspecified atom stereocenters. The summed E-state index contributed by atoms with van der Waals surface area (Å²) in [7, 11) is 0. The average Bonchev–Trinajstić information content (AvgIpc) is 2.74. The second-order valence-corrected chi connectivity index (χ2v) is 6.23. The average molecular weight is 356 g/mol. The van der Waals surface area contributed by atoms with Crippen molar-refractivity contribution in [3.8, 4) is 0 Å². The Morgan fingerprint density at radius 1 is 1.32 bits per heavy atom. The summed E-state index contributed by atoms with van der Waals surface area (Å²) in [5.74, 6) is 0.591. The number of fused-ring (bicyclic) bond motifs is 1. The van der Waals surface area contributed by atoms with Gasteiger partial charge in [0, 0.05) is 15.7 Å². The van der Waals surface area contributed by atoms with E-state index < -0.39 is 0 Å². The third kappa shape index (κ3) is 2.65. The maximum atomic E-state index is 5.95. The predicted octanol–water partition coefficient (Wildman–Crippen LogP) is 4.43. The van der Waals surface area contributed by atoms with E-state index in [1.165, 1.54) is 11.3 Å². The van der Waals surface area contributed by atoms with Crippen LogP contribution in [0.2, 0.25) is 5.02 Å². The molecule has 2 heterocycles. The van der Waals surface area contributed by atoms with Crippen molar-refractivity contribution in [1.29, 1.82) is 0 Å². The van der Waals surface area contributed by atoms with Gasteiger partial charge in [-0.1, -0.05) is 22.9 Å². The van der Waals surface area contributed by atoms with Crippen LogP contribution in [-0.2, 0) is 0 Å². The number of thiazole rings is 1. The number of nitrogens with two attached hydrogens (primary N) is 1. The molecule has 0 saturated carbocycles. The molecule has 19 heavy (non-hydrogen) atoms. The number of rotatable bonds is 2. The molecule has 1 aromatic carbocycles. The Bertz CT molecular complexity index is 759. The van der Waals surface area contributed by atoms with Crippen LogP contribution in [0.3, 0.4) is 0 Å². The first-order valence-electron chi connectivity index (χ1n) is 5.36. The molecule has 0 amide bonds. The fraction of sp³-hybridized carbons (Fsp3) is 0. The van der Waals surface area contributed by atoms with Gasteiger partial charge in [0.2, 0.25) is 0 Å². The Labute approximate surface area is 126 Å². The summed E-state index contributed by atoms with van der Waals surface area (Å²) >= 11 is 10.8. The third-order valence-electron chi connectivity index (χ3n) is 2.46. The summed E-state index contributed by atoms with van der Waals surface area (Å²) in [4.78, 5) is 8.67. The molecule has 7 heteroatoms. The van der Waals surface area contributed by atoms with Gasteiger partial charge in [-0.3, -0.25) is 0 Å². The van der Waals surface area contributed by atoms with E-state index in [0.717, 1.165) is 19.8 Å². The Hall–Kier alpha value is -1.37. The smallest absolute Gasteiger partial charge is 0.189 e. The molecule has 3 N–H and O–H groups in total. The van der Waals surface area contributed by atoms with Gasteiger partial charge in [0.15, 0.2) is 10.9 Å². The zero-order valence-corrected chi connectivity index (χ0v) is 12.7. The zero-order valence-electron chi connectivity index (χ0n) is 9.52. The molecule has 3 aromatic rings. The van der Waals surface area contributed by atoms with Gasteiger partial charge in [0.1, 0.15) is 0 Å². The van der Waals surface area contributed by atoms with Crippen molar-refractivity contribution < 1.29 is 0 Å². The SMILES string of the molecule is Nc1cc(Br)cnc1Nc1nc2ccc(Cl)cc2s1. The lowest BCUT2D eigenvalue weighted by Crippen LogP contribution is -1.98. The number of anilines is 3. The summed E-state index contributed by atoms with van der Waals surface area (Å²) in [6.45, 7) is 0. The molecule has 0 fully saturated rings. The molecule has 0 bridgehead atoms. The van der Waals surface area contributed by atoms with Crippen molar-refractivity contribution in [2.45, 2.75) is 0 Å². The first-order valence-corrected chi connectivity index (χ1v) is 7.35. The fourth-order valence-corrected chi connectivity index (χ4v) is 3.10. The highest BCUT2D eigenvalue weighted by Gasteiger charge is 2.07. The van der Waals surface area contributed by atoms with Gasteiger partial charge < -0.3 is 11.1 Å². The van der Waals surface area contributed by atoms with E-state index in [-0.39, 0.29) is 0 Å². The summed E-state index contributed by atoms with van der Waals surface area (Å²) in [6, 6.07) is 7.38. The van der Waals surface area contributed by atoms with E-state index in [1.807, 2.05) is 18.2 Å². The standard InChI is InChI=1S/C12H8BrClN4S/c13-6-3-8(15)11(16-5-6)18-12-17-9-2-1-7(14)4-10(9)19-12/h1-5H,15H2,(H,16,17,18). The van der Waals surface area contributed by atoms with Crippen LogP contribution in [0.1, 0.15) is 0 Å². The lowest BCUT2D eigenvalue weighted by atomic mass is 10.3. The van der Waals surface area contributed by atoms with E-state index in [4.69, 9.17) is 17.3 Å². The van der Waals surface area contributed by atoms with Gasteiger partial charge >= 0.3 is 0 Å². The van der Waals surface area contributed by atoms with E-state index >= 15 is 0 Å². The van der Waals surface area contributed by atoms with Crippen LogP contribution in [0.25, 0.3) is 10.2 Å². The minimum absolute atomic E-state index is 0.562. The highest BCUT2D eigenvalue weighted by Crippen LogP contribution is 2.31. The number of aromatic nitrogens is 2. The van der Waals surface area contributed by atoms with E-state index in [9.17, 15) is 0 Å². The molecule has 0 aliphatic heterocycles. The number of hydrogen-bond acceptors (Lipinski definition) is 5. The van der Waals surface area contributed by atoms with E-state index in [2.05, 4.69) is 31.2 Å². The molecule has 0 radical (unpaired) electrons. The first-order chi connectivity index (χ1) is 9.11. The topological polar surface area (TPSA) is 63.8 Å². The van der Waals surface area contributed by atoms with Crippen LogP contribution in [0, 0.1) is 0 Å². The minimum atomic E-state index is 0.562. The van der Waals surface area contributed by atoms with Gasteiger partial charge in [-0.25, -0.2) is 9.97 Å². The zero-order chi connectivity index (χ0) is 13.4. The van der Waals surface area contributed by atoms with Gasteiger partial charge in [-0.05, 0) is 40.2 Å². The molecule has 2 aromatic heterocycles. The lowest BCUT2D eigenvalue weighted by Gasteiger charge is -2.04. The van der Waals surface area contributed by atoms with E-state index in [0.29, 0.717) is 16.5 Å². The van der Waals surface area contributed by atoms with Crippen molar-refractivity contribution in [2.75, 3.05) is 11.1 Å². The van der Waals surface area contributed by atoms with Crippen molar-refractivity contribution >= 4 is 65.7 Å². The molecule has 0 aliphatic rings. The molecule has 3 rings (SSSR count). The molecule has 4 nitrogen and oxygen atoms in total. The maximum Gasteiger partial charge on any atom is 0.189 e. The van der Waals surface area contributed by atoms with Crippen molar-refractivity contribution in [3.63, 3.8) is 0 Å². The van der Waals surface area contributed by atoms with Crippen LogP contribution in [-0.4, -0.2) is 9.97 Å². The second-order valence-electron chi connectivity index (χ2n) is 3.85. The summed E-state index contributed by atoms with van der Waals surface area (Å²) < 4.78 is 1.86. The lowest BCUT2D eigenvalue weighted by molar-refractivity contribution is 1.29. The number of hydrogen-bond donors (Lipinski definition) is 2. The molecule has 0 spiro atoms. The third-order valence-corrected chi connectivity index (χ3v) is 4.06. The Morgan fingerprint density at radius 3 is 2.95 bits per heavy atom. The number of halogens is 2. The largest absolute Gasteiger partial charge is 0.396 e. The van der Waals surface area contributed by atoms with Crippen LogP contribution in [0.5, 0.6) is 0 Å². The highest BCUT2D eigenvalue weighted by molar-refractivity contribution is 9.10. The van der Waals surface area contributed by atoms with Crippen LogP contribution in [0.4, 0.5) is 16.6 Å². The summed E-state index contributed by atoms with van der Waals surface area (Å²) in [6.07, 6.45) is 1.68. The Kier molecular flexibility index (Phi) is 3.30. The number of nitrogen functional groups attached to an aromatic ring is 1. The Balaban J connectivity index is 1.96. The minimum Gasteiger partial charge on any atom is -0.396 e. The number of benzene rings is 1. The number of nitrogens with one attached hydrogen (secondary N) is 1. The van der Waals surface area contributed by atoms with Gasteiger partial charge in [0.25, 0.3) is 0 Å². The van der Waals surface area contributed by atoms with Crippen molar-refractivity contribution in [3.05, 3.63) is 40.0 Å². The van der Waals surface area contributed by atoms with Gasteiger partial charge in [-0.15, -0.1) is 0 Å². The van der Waals surface area contributed by atoms with Crippen LogP contribution >= 0.6 is 38.9 Å². The van der Waals surface area contributed by atoms with Crippen molar-refractivity contribution in [2.24, 2.45) is 0 Å². The molecule has 0 saturated heterocycles. The fourth-order valence-electron chi connectivity index (χ4n) is 1.61. The van der Waals surface area contributed by atoms with Gasteiger partial charge in [-0.2, -0.15) is 0 Å². The van der Waals surface area contributed by atoms with Crippen molar-refractivity contribution in [1.82, 2.24) is 9.97 Å². The number of pyridine rings is 1. The quantitative estimate of drug-likeness (QED) is 0.713. The monoisotopic (exact) mass is 354 g/mol. The highest BCUT2D eigenvalue weighted by atomic mass is 79.9. The summed E-state index contributed by atoms with van der Waals surface area (Å²) in [5.41, 5.74) is 7.35. The predicted molar refractivity (Wildman–Crippen MR) is 84.3 cm³/mol. The second kappa shape index (κ2) is 4.96. The summed E-state index contributed by atoms with van der Waals surface area (Å²) in [5, 5.41) is 4.55. The van der Waals surface area contributed by atoms with Crippen LogP contribution < -0.4 is 11.1 Å². The molecular weight excluding hydrogens is 348 g/mol.